The predicted molar refractivity (Wildman–Crippen MR) is 125 cm³/mol. The smallest absolute Gasteiger partial charge is 0.322 e. The number of anilines is 1. The minimum absolute atomic E-state index is 0.0629. The summed E-state index contributed by atoms with van der Waals surface area (Å²) in [6, 6.07) is 10.1. The number of hydrogen-bond acceptors (Lipinski definition) is 7. The number of rotatable bonds is 8. The number of furan rings is 1. The maximum atomic E-state index is 12.8. The maximum Gasteiger partial charge on any atom is 0.322 e. The minimum Gasteiger partial charge on any atom is -0.479 e. The van der Waals surface area contributed by atoms with E-state index in [1.807, 2.05) is 6.07 Å². The second-order valence-electron chi connectivity index (χ2n) is 8.39. The summed E-state index contributed by atoms with van der Waals surface area (Å²) in [5.74, 6) is 0.643. The van der Waals surface area contributed by atoms with Gasteiger partial charge in [-0.2, -0.15) is 9.97 Å². The molecule has 3 aromatic rings. The lowest BCUT2D eigenvalue weighted by molar-refractivity contribution is 0.0994. The fourth-order valence-corrected chi connectivity index (χ4v) is 4.37. The molecule has 32 heavy (non-hydrogen) atoms. The Balaban J connectivity index is 1.82. The van der Waals surface area contributed by atoms with Crippen LogP contribution in [0.4, 0.5) is 5.69 Å². The molecule has 3 rings (SSSR count). The number of carbonyl (C=O) groups is 1. The number of aryl methyl sites for hydroxylation is 1. The normalized spacial score (nSPS) is 11.2. The standard InChI is InChI=1S/C23H29N3O5Si/c1-14-8-10-17(32(5,6)7)13-15(14)12-16-9-11-18(31-16)20(27)24-19-21(28-2)25-23(30-4)26-22(19)29-3/h8-11,13H,12H2,1-7H3,(H,24,27). The molecule has 8 nitrogen and oxygen atoms in total. The average Bonchev–Trinajstić information content (AvgIpc) is 3.23. The molecule has 0 spiro atoms. The van der Waals surface area contributed by atoms with Crippen LogP contribution in [0, 0.1) is 6.92 Å². The zero-order valence-electron chi connectivity index (χ0n) is 19.5. The van der Waals surface area contributed by atoms with Crippen molar-refractivity contribution in [1.82, 2.24) is 9.97 Å². The van der Waals surface area contributed by atoms with E-state index in [1.54, 1.807) is 6.07 Å². The first-order valence-electron chi connectivity index (χ1n) is 10.2. The van der Waals surface area contributed by atoms with Gasteiger partial charge >= 0.3 is 6.01 Å². The van der Waals surface area contributed by atoms with E-state index >= 15 is 0 Å². The first-order chi connectivity index (χ1) is 15.2. The molecule has 1 N–H and O–H groups in total. The van der Waals surface area contributed by atoms with Crippen LogP contribution in [0.5, 0.6) is 17.8 Å². The highest BCUT2D eigenvalue weighted by atomic mass is 28.3. The van der Waals surface area contributed by atoms with Gasteiger partial charge in [0.05, 0.1) is 29.4 Å². The van der Waals surface area contributed by atoms with Crippen molar-refractivity contribution in [2.45, 2.75) is 33.0 Å². The van der Waals surface area contributed by atoms with Gasteiger partial charge in [-0.3, -0.25) is 4.79 Å². The first kappa shape index (κ1) is 23.3. The van der Waals surface area contributed by atoms with E-state index in [0.29, 0.717) is 12.2 Å². The molecule has 0 unspecified atom stereocenters. The molecule has 170 valence electrons. The molecular weight excluding hydrogens is 426 g/mol. The van der Waals surface area contributed by atoms with E-state index in [1.165, 1.54) is 37.6 Å². The number of nitrogens with zero attached hydrogens (tertiary/aromatic N) is 2. The highest BCUT2D eigenvalue weighted by Gasteiger charge is 2.22. The summed E-state index contributed by atoms with van der Waals surface area (Å²) < 4.78 is 21.4. The molecule has 0 aliphatic heterocycles. The molecule has 0 aliphatic carbocycles. The molecule has 0 radical (unpaired) electrons. The third kappa shape index (κ3) is 5.10. The molecule has 9 heteroatoms. The number of methoxy groups -OCH3 is 3. The molecule has 2 aromatic heterocycles. The van der Waals surface area contributed by atoms with Crippen molar-refractivity contribution in [3.8, 4) is 17.8 Å². The molecule has 0 atom stereocenters. The van der Waals surface area contributed by atoms with Gasteiger partial charge < -0.3 is 23.9 Å². The highest BCUT2D eigenvalue weighted by Crippen LogP contribution is 2.33. The van der Waals surface area contributed by atoms with Crippen LogP contribution in [0.1, 0.15) is 27.4 Å². The second-order valence-corrected chi connectivity index (χ2v) is 13.5. The number of aromatic nitrogens is 2. The summed E-state index contributed by atoms with van der Waals surface area (Å²) in [4.78, 5) is 21.0. The highest BCUT2D eigenvalue weighted by molar-refractivity contribution is 6.88. The summed E-state index contributed by atoms with van der Waals surface area (Å²) in [6.45, 7) is 9.05. The van der Waals surface area contributed by atoms with E-state index < -0.39 is 14.0 Å². The van der Waals surface area contributed by atoms with Gasteiger partial charge in [-0.15, -0.1) is 0 Å². The van der Waals surface area contributed by atoms with Crippen LogP contribution in [-0.4, -0.2) is 45.3 Å². The van der Waals surface area contributed by atoms with Crippen molar-refractivity contribution in [3.05, 3.63) is 53.0 Å². The van der Waals surface area contributed by atoms with Gasteiger partial charge in [0, 0.05) is 6.42 Å². The lowest BCUT2D eigenvalue weighted by atomic mass is 10.0. The zero-order chi connectivity index (χ0) is 23.5. The number of benzene rings is 1. The Labute approximate surface area is 188 Å². The van der Waals surface area contributed by atoms with Crippen LogP contribution in [0.15, 0.2) is 34.7 Å². The number of hydrogen-bond donors (Lipinski definition) is 1. The van der Waals surface area contributed by atoms with Crippen LogP contribution in [0.3, 0.4) is 0 Å². The topological polar surface area (TPSA) is 95.7 Å². The fraction of sp³-hybridized carbons (Fsp3) is 0.348. The monoisotopic (exact) mass is 455 g/mol. The molecule has 2 heterocycles. The molecule has 0 bridgehead atoms. The molecule has 1 aromatic carbocycles. The third-order valence-corrected chi connectivity index (χ3v) is 7.14. The van der Waals surface area contributed by atoms with E-state index in [2.05, 4.69) is 60.0 Å². The zero-order valence-corrected chi connectivity index (χ0v) is 20.5. The Hall–Kier alpha value is -3.33. The Morgan fingerprint density at radius 2 is 1.66 bits per heavy atom. The van der Waals surface area contributed by atoms with E-state index in [-0.39, 0.29) is 29.2 Å². The quantitative estimate of drug-likeness (QED) is 0.516. The summed E-state index contributed by atoms with van der Waals surface area (Å²) in [5, 5.41) is 4.10. The molecular formula is C23H29N3O5Si. The van der Waals surface area contributed by atoms with Gasteiger partial charge in [0.2, 0.25) is 11.8 Å². The number of ether oxygens (including phenoxy) is 3. The van der Waals surface area contributed by atoms with E-state index in [4.69, 9.17) is 18.6 Å². The SMILES string of the molecule is COc1nc(OC)c(NC(=O)c2ccc(Cc3cc([Si](C)(C)C)ccc3C)o2)c(OC)n1. The van der Waals surface area contributed by atoms with Crippen molar-refractivity contribution in [1.29, 1.82) is 0 Å². The van der Waals surface area contributed by atoms with Crippen LogP contribution >= 0.6 is 0 Å². The summed E-state index contributed by atoms with van der Waals surface area (Å²) >= 11 is 0. The van der Waals surface area contributed by atoms with Crippen LogP contribution < -0.4 is 24.7 Å². The fourth-order valence-electron chi connectivity index (χ4n) is 3.18. The number of nitrogens with one attached hydrogen (secondary N) is 1. The maximum absolute atomic E-state index is 12.8. The lowest BCUT2D eigenvalue weighted by Gasteiger charge is -2.18. The summed E-state index contributed by atoms with van der Waals surface area (Å²) in [6.07, 6.45) is 0.607. The van der Waals surface area contributed by atoms with Gasteiger partial charge in [-0.1, -0.05) is 43.0 Å². The molecule has 1 amide bonds. The van der Waals surface area contributed by atoms with Crippen molar-refractivity contribution in [2.24, 2.45) is 0 Å². The Kier molecular flexibility index (Phi) is 6.88. The van der Waals surface area contributed by atoms with Crippen molar-refractivity contribution < 1.29 is 23.4 Å². The van der Waals surface area contributed by atoms with Gasteiger partial charge in [0.15, 0.2) is 11.4 Å². The minimum atomic E-state index is -1.43. The van der Waals surface area contributed by atoms with Gasteiger partial charge in [0.25, 0.3) is 5.91 Å². The largest absolute Gasteiger partial charge is 0.479 e. The Morgan fingerprint density at radius 1 is 1.00 bits per heavy atom. The van der Waals surface area contributed by atoms with Gasteiger partial charge in [0.1, 0.15) is 5.76 Å². The first-order valence-corrected chi connectivity index (χ1v) is 13.7. The van der Waals surface area contributed by atoms with Gasteiger partial charge in [-0.25, -0.2) is 0 Å². The predicted octanol–water partition coefficient (Wildman–Crippen LogP) is 3.79. The molecule has 0 saturated heterocycles. The van der Waals surface area contributed by atoms with Crippen molar-refractivity contribution in [2.75, 3.05) is 26.6 Å². The second kappa shape index (κ2) is 9.43. The van der Waals surface area contributed by atoms with Crippen LogP contribution in [-0.2, 0) is 6.42 Å². The van der Waals surface area contributed by atoms with Crippen molar-refractivity contribution >= 4 is 24.9 Å². The van der Waals surface area contributed by atoms with Gasteiger partial charge in [-0.05, 0) is 30.2 Å². The van der Waals surface area contributed by atoms with Crippen molar-refractivity contribution in [3.63, 3.8) is 0 Å². The summed E-state index contributed by atoms with van der Waals surface area (Å²) in [5.41, 5.74) is 2.58. The molecule has 0 saturated carbocycles. The summed E-state index contributed by atoms with van der Waals surface area (Å²) in [7, 11) is 2.86. The van der Waals surface area contributed by atoms with Crippen LogP contribution in [0.2, 0.25) is 19.6 Å². The van der Waals surface area contributed by atoms with Crippen LogP contribution in [0.25, 0.3) is 0 Å². The average molecular weight is 456 g/mol. The third-order valence-electron chi connectivity index (χ3n) is 5.10. The van der Waals surface area contributed by atoms with E-state index in [9.17, 15) is 4.79 Å². The lowest BCUT2D eigenvalue weighted by Crippen LogP contribution is -2.37. The Morgan fingerprint density at radius 3 is 2.22 bits per heavy atom. The molecule has 0 aliphatic rings. The Bertz CT molecular complexity index is 1100. The van der Waals surface area contributed by atoms with E-state index in [0.717, 1.165) is 0 Å². The molecule has 0 fully saturated rings. The number of carbonyl (C=O) groups excluding carboxylic acids is 1. The number of amides is 1.